The number of nitrogens with zero attached hydrogens (tertiary/aromatic N) is 3. The van der Waals surface area contributed by atoms with E-state index < -0.39 is 20.9 Å². The molecule has 0 unspecified atom stereocenters. The van der Waals surface area contributed by atoms with Gasteiger partial charge in [0.05, 0.1) is 16.3 Å². The van der Waals surface area contributed by atoms with Crippen molar-refractivity contribution in [1.82, 2.24) is 0 Å². The molecule has 9 heteroatoms. The van der Waals surface area contributed by atoms with Crippen LogP contribution in [0.15, 0.2) is 87.9 Å². The van der Waals surface area contributed by atoms with Crippen LogP contribution in [-0.4, -0.2) is 31.0 Å². The van der Waals surface area contributed by atoms with Crippen molar-refractivity contribution in [2.45, 2.75) is 18.7 Å². The summed E-state index contributed by atoms with van der Waals surface area (Å²) >= 11 is 0. The summed E-state index contributed by atoms with van der Waals surface area (Å²) < 4.78 is 33.7. The number of carbonyl (C=O) groups excluding carboxylic acids is 1. The fraction of sp³-hybridized carbons (Fsp3) is 0.115. The van der Waals surface area contributed by atoms with Crippen molar-refractivity contribution in [3.63, 3.8) is 0 Å². The highest BCUT2D eigenvalue weighted by molar-refractivity contribution is 7.85. The lowest BCUT2D eigenvalue weighted by Gasteiger charge is -2.22. The number of fused-ring (bicyclic) bond motifs is 1. The molecule has 0 radical (unpaired) electrons. The number of aromatic hydroxyl groups is 1. The lowest BCUT2D eigenvalue weighted by Crippen LogP contribution is -2.27. The summed E-state index contributed by atoms with van der Waals surface area (Å²) in [4.78, 5) is 14.2. The Labute approximate surface area is 202 Å². The predicted molar refractivity (Wildman–Crippen MR) is 135 cm³/mol. The molecule has 0 bridgehead atoms. The highest BCUT2D eigenvalue weighted by Crippen LogP contribution is 2.44. The molecule has 35 heavy (non-hydrogen) atoms. The number of aryl methyl sites for hydroxylation is 2. The Kier molecular flexibility index (Phi) is 6.38. The van der Waals surface area contributed by atoms with Crippen molar-refractivity contribution >= 4 is 43.9 Å². The van der Waals surface area contributed by atoms with E-state index >= 15 is 0 Å². The van der Waals surface area contributed by atoms with Crippen LogP contribution >= 0.6 is 0 Å². The number of rotatable bonds is 5. The number of hydrogen-bond donors (Lipinski definition) is 2. The molecule has 4 rings (SSSR count). The van der Waals surface area contributed by atoms with Crippen LogP contribution < -0.4 is 4.90 Å². The second-order valence-corrected chi connectivity index (χ2v) is 9.54. The molecule has 0 fully saturated rings. The number of hydrogen-bond acceptors (Lipinski definition) is 6. The molecule has 0 aliphatic carbocycles. The molecule has 0 spiro atoms. The molecule has 178 valence electrons. The molecule has 0 saturated carbocycles. The van der Waals surface area contributed by atoms with Gasteiger partial charge in [-0.25, -0.2) is 0 Å². The Morgan fingerprint density at radius 3 is 2.20 bits per heavy atom. The second kappa shape index (κ2) is 9.28. The zero-order valence-corrected chi connectivity index (χ0v) is 20.1. The van der Waals surface area contributed by atoms with Gasteiger partial charge in [-0.2, -0.15) is 13.5 Å². The van der Waals surface area contributed by atoms with Gasteiger partial charge in [-0.1, -0.05) is 36.4 Å². The largest absolute Gasteiger partial charge is 0.505 e. The van der Waals surface area contributed by atoms with Crippen LogP contribution in [0.25, 0.3) is 10.8 Å². The third kappa shape index (κ3) is 4.77. The number of azo groups is 1. The monoisotopic (exact) mass is 489 g/mol. The van der Waals surface area contributed by atoms with E-state index in [0.717, 1.165) is 11.6 Å². The lowest BCUT2D eigenvalue weighted by molar-refractivity contribution is 0.0992. The van der Waals surface area contributed by atoms with Gasteiger partial charge in [0.1, 0.15) is 5.69 Å². The smallest absolute Gasteiger partial charge is 0.294 e. The van der Waals surface area contributed by atoms with Gasteiger partial charge in [-0.05, 0) is 66.8 Å². The zero-order chi connectivity index (χ0) is 25.3. The minimum Gasteiger partial charge on any atom is -0.505 e. The molecule has 8 nitrogen and oxygen atoms in total. The molecule has 0 atom stereocenters. The molecule has 0 heterocycles. The number of phenolic OH excluding ortho intramolecular Hbond substituents is 1. The Morgan fingerprint density at radius 2 is 1.54 bits per heavy atom. The summed E-state index contributed by atoms with van der Waals surface area (Å²) in [5.41, 5.74) is 2.53. The summed E-state index contributed by atoms with van der Waals surface area (Å²) in [6.45, 7) is 3.48. The number of phenols is 1. The lowest BCUT2D eigenvalue weighted by atomic mass is 10.0. The quantitative estimate of drug-likeness (QED) is 0.259. The normalized spacial score (nSPS) is 11.8. The van der Waals surface area contributed by atoms with Gasteiger partial charge in [0.25, 0.3) is 16.0 Å². The van der Waals surface area contributed by atoms with Gasteiger partial charge in [0.15, 0.2) is 5.75 Å². The minimum atomic E-state index is -4.59. The number of carbonyl (C=O) groups is 1. The van der Waals surface area contributed by atoms with Crippen LogP contribution in [0.4, 0.5) is 17.1 Å². The summed E-state index contributed by atoms with van der Waals surface area (Å²) in [7, 11) is -3.12. The molecule has 1 amide bonds. The Bertz CT molecular complexity index is 1580. The van der Waals surface area contributed by atoms with E-state index in [1.807, 2.05) is 18.2 Å². The molecule has 0 aliphatic rings. The Balaban J connectivity index is 1.96. The van der Waals surface area contributed by atoms with E-state index in [4.69, 9.17) is 0 Å². The van der Waals surface area contributed by atoms with Crippen LogP contribution in [0.3, 0.4) is 0 Å². The van der Waals surface area contributed by atoms with Crippen LogP contribution in [0.1, 0.15) is 21.5 Å². The van der Waals surface area contributed by atoms with E-state index in [9.17, 15) is 22.9 Å². The summed E-state index contributed by atoms with van der Waals surface area (Å²) in [5, 5.41) is 20.1. The Morgan fingerprint density at radius 1 is 0.886 bits per heavy atom. The van der Waals surface area contributed by atoms with Gasteiger partial charge >= 0.3 is 0 Å². The van der Waals surface area contributed by atoms with Crippen molar-refractivity contribution in [3.05, 3.63) is 89.5 Å². The molecule has 2 N–H and O–H groups in total. The molecule has 0 saturated heterocycles. The third-order valence-electron chi connectivity index (χ3n) is 5.69. The average molecular weight is 490 g/mol. The first-order chi connectivity index (χ1) is 16.6. The second-order valence-electron chi connectivity index (χ2n) is 8.12. The zero-order valence-electron chi connectivity index (χ0n) is 19.3. The fourth-order valence-electron chi connectivity index (χ4n) is 3.85. The first-order valence-corrected chi connectivity index (χ1v) is 12.1. The van der Waals surface area contributed by atoms with E-state index in [1.54, 1.807) is 56.3 Å². The highest BCUT2D eigenvalue weighted by atomic mass is 32.2. The number of benzene rings is 4. The van der Waals surface area contributed by atoms with Gasteiger partial charge in [0, 0.05) is 18.0 Å². The van der Waals surface area contributed by atoms with Crippen molar-refractivity contribution < 1.29 is 22.9 Å². The van der Waals surface area contributed by atoms with Gasteiger partial charge in [-0.3, -0.25) is 9.35 Å². The molecule has 0 aromatic heterocycles. The number of anilines is 1. The van der Waals surface area contributed by atoms with Gasteiger partial charge in [0.2, 0.25) is 0 Å². The SMILES string of the molecule is Cc1ccccc1C(=O)N(C)c1cc(S(=O)(=O)O)cc2cc(C)c(N=Nc3ccccc3)c(O)c12. The summed E-state index contributed by atoms with van der Waals surface area (Å²) in [6, 6.07) is 20.0. The molecule has 4 aromatic rings. The van der Waals surface area contributed by atoms with Crippen LogP contribution in [-0.2, 0) is 10.1 Å². The number of amides is 1. The van der Waals surface area contributed by atoms with Crippen molar-refractivity contribution in [3.8, 4) is 5.75 Å². The molecular formula is C26H23N3O5S. The maximum Gasteiger partial charge on any atom is 0.294 e. The minimum absolute atomic E-state index is 0.0945. The topological polar surface area (TPSA) is 120 Å². The average Bonchev–Trinajstić information content (AvgIpc) is 2.82. The molecular weight excluding hydrogens is 466 g/mol. The van der Waals surface area contributed by atoms with E-state index in [0.29, 0.717) is 22.2 Å². The van der Waals surface area contributed by atoms with Gasteiger partial charge < -0.3 is 10.0 Å². The van der Waals surface area contributed by atoms with E-state index in [1.165, 1.54) is 18.0 Å². The summed E-state index contributed by atoms with van der Waals surface area (Å²) in [5.74, 6) is -0.676. The van der Waals surface area contributed by atoms with Gasteiger partial charge in [-0.15, -0.1) is 5.11 Å². The van der Waals surface area contributed by atoms with Crippen molar-refractivity contribution in [2.75, 3.05) is 11.9 Å². The van der Waals surface area contributed by atoms with Crippen LogP contribution in [0.2, 0.25) is 0 Å². The van der Waals surface area contributed by atoms with Crippen LogP contribution in [0.5, 0.6) is 5.75 Å². The third-order valence-corrected chi connectivity index (χ3v) is 6.52. The van der Waals surface area contributed by atoms with Crippen LogP contribution in [0, 0.1) is 13.8 Å². The Hall–Kier alpha value is -4.08. The maximum atomic E-state index is 13.3. The highest BCUT2D eigenvalue weighted by Gasteiger charge is 2.24. The maximum absolute atomic E-state index is 13.3. The van der Waals surface area contributed by atoms with E-state index in [2.05, 4.69) is 10.2 Å². The standard InChI is InChI=1S/C26H23N3O5S/c1-16-9-7-8-12-21(16)26(31)29(3)22-15-20(35(32,33)34)14-18-13-17(2)24(25(30)23(18)22)28-27-19-10-5-4-6-11-19/h4-15,30H,1-3H3,(H,32,33,34). The van der Waals surface area contributed by atoms with Crippen molar-refractivity contribution in [1.29, 1.82) is 0 Å². The molecule has 0 aliphatic heterocycles. The fourth-order valence-corrected chi connectivity index (χ4v) is 4.38. The summed E-state index contributed by atoms with van der Waals surface area (Å²) in [6.07, 6.45) is 0. The molecule has 4 aromatic carbocycles. The van der Waals surface area contributed by atoms with Crippen molar-refractivity contribution in [2.24, 2.45) is 10.2 Å². The van der Waals surface area contributed by atoms with E-state index in [-0.39, 0.29) is 22.5 Å². The predicted octanol–water partition coefficient (Wildman–Crippen LogP) is 6.10. The first kappa shape index (κ1) is 24.1. The first-order valence-electron chi connectivity index (χ1n) is 10.7.